The molecule has 0 saturated heterocycles. The number of amides is 3. The number of anilines is 1. The molecule has 1 aromatic heterocycles. The first-order valence-corrected chi connectivity index (χ1v) is 10.4. The second-order valence-corrected chi connectivity index (χ2v) is 8.08. The Kier molecular flexibility index (Phi) is 6.84. The van der Waals surface area contributed by atoms with Gasteiger partial charge < -0.3 is 20.1 Å². The number of nitrogens with zero attached hydrogens (tertiary/aromatic N) is 2. The molecule has 0 spiro atoms. The molecule has 2 atom stereocenters. The van der Waals surface area contributed by atoms with Crippen molar-refractivity contribution in [1.82, 2.24) is 14.8 Å². The maximum absolute atomic E-state index is 13.5. The van der Waals surface area contributed by atoms with Crippen molar-refractivity contribution in [2.75, 3.05) is 19.4 Å². The number of nitrogens with one attached hydrogen (secondary N) is 2. The van der Waals surface area contributed by atoms with E-state index in [-0.39, 0.29) is 22.2 Å². The highest BCUT2D eigenvalue weighted by molar-refractivity contribution is 6.31. The summed E-state index contributed by atoms with van der Waals surface area (Å²) >= 11 is 5.84. The van der Waals surface area contributed by atoms with Crippen molar-refractivity contribution >= 4 is 40.0 Å². The van der Waals surface area contributed by atoms with Crippen molar-refractivity contribution in [2.45, 2.75) is 25.9 Å². The highest BCUT2D eigenvalue weighted by Crippen LogP contribution is 2.29. The minimum atomic E-state index is -0.832. The molecular formula is C23H24ClFN4O3. The molecule has 32 heavy (non-hydrogen) atoms. The molecule has 168 valence electrons. The quantitative estimate of drug-likeness (QED) is 0.594. The van der Waals surface area contributed by atoms with Gasteiger partial charge in [-0.1, -0.05) is 29.8 Å². The monoisotopic (exact) mass is 458 g/mol. The van der Waals surface area contributed by atoms with Crippen LogP contribution in [-0.4, -0.2) is 46.9 Å². The minimum Gasteiger partial charge on any atom is -0.347 e. The molecule has 0 aliphatic heterocycles. The van der Waals surface area contributed by atoms with E-state index in [1.165, 1.54) is 21.9 Å². The van der Waals surface area contributed by atoms with Crippen molar-refractivity contribution in [3.05, 3.63) is 75.4 Å². The molecule has 0 aliphatic carbocycles. The van der Waals surface area contributed by atoms with Gasteiger partial charge in [0.2, 0.25) is 5.91 Å². The van der Waals surface area contributed by atoms with E-state index in [9.17, 15) is 18.8 Å². The topological polar surface area (TPSA) is 85.5 Å². The third-order valence-electron chi connectivity index (χ3n) is 5.33. The molecule has 0 bridgehead atoms. The van der Waals surface area contributed by atoms with Gasteiger partial charge >= 0.3 is 6.03 Å². The van der Waals surface area contributed by atoms with Crippen molar-refractivity contribution in [1.29, 1.82) is 0 Å². The van der Waals surface area contributed by atoms with Crippen LogP contribution in [0.15, 0.2) is 53.5 Å². The Morgan fingerprint density at radius 1 is 1.09 bits per heavy atom. The summed E-state index contributed by atoms with van der Waals surface area (Å²) in [4.78, 5) is 43.8. The van der Waals surface area contributed by atoms with E-state index in [0.717, 1.165) is 6.07 Å². The molecule has 7 nitrogen and oxygen atoms in total. The summed E-state index contributed by atoms with van der Waals surface area (Å²) in [6, 6.07) is 8.89. The van der Waals surface area contributed by atoms with Crippen LogP contribution in [0.1, 0.15) is 25.5 Å². The Morgan fingerprint density at radius 3 is 2.38 bits per heavy atom. The van der Waals surface area contributed by atoms with E-state index >= 15 is 0 Å². The van der Waals surface area contributed by atoms with Gasteiger partial charge in [0, 0.05) is 31.4 Å². The molecule has 9 heteroatoms. The van der Waals surface area contributed by atoms with Gasteiger partial charge in [-0.05, 0) is 49.1 Å². The normalized spacial score (nSPS) is 12.8. The van der Waals surface area contributed by atoms with Crippen LogP contribution in [0.5, 0.6) is 0 Å². The summed E-state index contributed by atoms with van der Waals surface area (Å²) in [5.41, 5.74) is 0.714. The van der Waals surface area contributed by atoms with E-state index < -0.39 is 23.9 Å². The lowest BCUT2D eigenvalue weighted by atomic mass is 10.0. The minimum absolute atomic E-state index is 0.133. The van der Waals surface area contributed by atoms with Crippen molar-refractivity contribution < 1.29 is 14.0 Å². The van der Waals surface area contributed by atoms with Crippen LogP contribution >= 0.6 is 11.6 Å². The molecule has 2 N–H and O–H groups in total. The molecule has 2 aromatic carbocycles. The molecule has 3 rings (SSSR count). The van der Waals surface area contributed by atoms with Crippen LogP contribution in [0.2, 0.25) is 5.02 Å². The lowest BCUT2D eigenvalue weighted by Crippen LogP contribution is -2.50. The second kappa shape index (κ2) is 9.40. The van der Waals surface area contributed by atoms with Crippen LogP contribution in [0, 0.1) is 5.82 Å². The number of rotatable bonds is 5. The summed E-state index contributed by atoms with van der Waals surface area (Å²) in [6.45, 7) is 3.40. The summed E-state index contributed by atoms with van der Waals surface area (Å²) in [5, 5.41) is 3.71. The lowest BCUT2D eigenvalue weighted by Gasteiger charge is -2.35. The fourth-order valence-electron chi connectivity index (χ4n) is 3.67. The first-order valence-electron chi connectivity index (χ1n) is 9.97. The zero-order chi connectivity index (χ0) is 23.6. The molecule has 3 amide bonds. The predicted molar refractivity (Wildman–Crippen MR) is 123 cm³/mol. The molecule has 3 aromatic rings. The Labute approximate surface area is 189 Å². The van der Waals surface area contributed by atoms with Gasteiger partial charge in [-0.25, -0.2) is 9.18 Å². The number of hydrogen-bond donors (Lipinski definition) is 2. The van der Waals surface area contributed by atoms with Gasteiger partial charge in [0.15, 0.2) is 0 Å². The molecule has 0 fully saturated rings. The fourth-order valence-corrected chi connectivity index (χ4v) is 3.85. The number of benzene rings is 2. The van der Waals surface area contributed by atoms with E-state index in [4.69, 9.17) is 11.6 Å². The number of likely N-dealkylation sites (N-methyl/N-ethyl adjacent to an activating group) is 1. The molecule has 2 unspecified atom stereocenters. The van der Waals surface area contributed by atoms with Gasteiger partial charge in [0.25, 0.3) is 5.56 Å². The second-order valence-electron chi connectivity index (χ2n) is 7.67. The fraction of sp³-hybridized carbons (Fsp3) is 0.261. The van der Waals surface area contributed by atoms with Gasteiger partial charge in [-0.2, -0.15) is 0 Å². The van der Waals surface area contributed by atoms with Crippen LogP contribution in [0.4, 0.5) is 14.9 Å². The van der Waals surface area contributed by atoms with E-state index in [0.29, 0.717) is 16.3 Å². The van der Waals surface area contributed by atoms with E-state index in [1.807, 2.05) is 0 Å². The number of aromatic nitrogens is 1. The number of hydrogen-bond acceptors (Lipinski definition) is 3. The Morgan fingerprint density at radius 2 is 1.75 bits per heavy atom. The summed E-state index contributed by atoms with van der Waals surface area (Å²) < 4.78 is 13.5. The van der Waals surface area contributed by atoms with Gasteiger partial charge in [0.1, 0.15) is 11.9 Å². The highest BCUT2D eigenvalue weighted by Gasteiger charge is 2.33. The maximum Gasteiger partial charge on any atom is 0.323 e. The Balaban J connectivity index is 2.05. The van der Waals surface area contributed by atoms with Crippen LogP contribution in [0.25, 0.3) is 10.8 Å². The maximum atomic E-state index is 13.5. The first-order chi connectivity index (χ1) is 15.1. The number of carbonyl (C=O) groups is 2. The summed E-state index contributed by atoms with van der Waals surface area (Å²) in [6.07, 6.45) is 1.55. The van der Waals surface area contributed by atoms with Crippen LogP contribution in [-0.2, 0) is 4.79 Å². The number of pyridine rings is 1. The third kappa shape index (κ3) is 4.60. The average Bonchev–Trinajstić information content (AvgIpc) is 2.76. The van der Waals surface area contributed by atoms with E-state index in [2.05, 4.69) is 10.3 Å². The predicted octanol–water partition coefficient (Wildman–Crippen LogP) is 4.39. The largest absolute Gasteiger partial charge is 0.347 e. The third-order valence-corrected chi connectivity index (χ3v) is 5.62. The van der Waals surface area contributed by atoms with Crippen molar-refractivity contribution in [2.24, 2.45) is 0 Å². The number of aromatic amines is 1. The molecule has 0 aliphatic rings. The van der Waals surface area contributed by atoms with Crippen LogP contribution < -0.4 is 10.9 Å². The Bertz CT molecular complexity index is 1230. The van der Waals surface area contributed by atoms with Gasteiger partial charge in [-0.3, -0.25) is 9.59 Å². The molecule has 0 radical (unpaired) electrons. The highest BCUT2D eigenvalue weighted by atomic mass is 35.5. The zero-order valence-corrected chi connectivity index (χ0v) is 18.9. The molecular weight excluding hydrogens is 435 g/mol. The zero-order valence-electron chi connectivity index (χ0n) is 18.1. The van der Waals surface area contributed by atoms with Crippen molar-refractivity contribution in [3.63, 3.8) is 0 Å². The average molecular weight is 459 g/mol. The smallest absolute Gasteiger partial charge is 0.323 e. The lowest BCUT2D eigenvalue weighted by molar-refractivity contribution is -0.133. The van der Waals surface area contributed by atoms with Gasteiger partial charge in [0.05, 0.1) is 11.1 Å². The summed E-state index contributed by atoms with van der Waals surface area (Å²) in [7, 11) is 3.21. The molecule has 1 heterocycles. The van der Waals surface area contributed by atoms with Crippen molar-refractivity contribution in [3.8, 4) is 0 Å². The number of carbonyl (C=O) groups excluding carboxylic acids is 2. The Hall–Kier alpha value is -3.39. The number of urea groups is 1. The van der Waals surface area contributed by atoms with Crippen LogP contribution in [0.3, 0.4) is 0 Å². The number of H-pyrrole nitrogens is 1. The summed E-state index contributed by atoms with van der Waals surface area (Å²) in [5.74, 6) is -0.886. The van der Waals surface area contributed by atoms with E-state index in [1.54, 1.807) is 58.4 Å². The number of fused-ring (bicyclic) bond motifs is 1. The molecule has 0 saturated carbocycles. The SMILES string of the molecule is CC(C(=O)N(C)C)N(C(=O)Nc1ccc(F)c(Cl)c1)C(C)c1c[nH]c(=O)c2ccccc12. The van der Waals surface area contributed by atoms with Gasteiger partial charge in [-0.15, -0.1) is 0 Å². The number of halogens is 2. The standard InChI is InChI=1S/C23H24ClFN4O3/c1-13(18-12-26-21(30)17-8-6-5-7-16(17)18)29(14(2)22(31)28(3)4)23(32)27-15-9-10-20(25)19(24)11-15/h5-14H,1-4H3,(H,26,30)(H,27,32). The first kappa shape index (κ1) is 23.3.